The molecule has 0 aliphatic heterocycles. The second-order valence-corrected chi connectivity index (χ2v) is 5.69. The predicted molar refractivity (Wildman–Crippen MR) is 91.2 cm³/mol. The van der Waals surface area contributed by atoms with E-state index in [0.717, 1.165) is 0 Å². The SMILES string of the molecule is C[C@@H](OC(=O)c1c(Cl)cccc1Cl)C(=O)N(C)c1ccccc1. The summed E-state index contributed by atoms with van der Waals surface area (Å²) in [5, 5.41) is 0.358. The number of para-hydroxylation sites is 1. The fourth-order valence-electron chi connectivity index (χ4n) is 2.01. The number of hydrogen-bond donors (Lipinski definition) is 0. The molecule has 0 N–H and O–H groups in total. The fourth-order valence-corrected chi connectivity index (χ4v) is 2.57. The van der Waals surface area contributed by atoms with Gasteiger partial charge in [-0.3, -0.25) is 4.79 Å². The Labute approximate surface area is 144 Å². The van der Waals surface area contributed by atoms with Crippen LogP contribution in [0.4, 0.5) is 5.69 Å². The first kappa shape index (κ1) is 17.3. The van der Waals surface area contributed by atoms with Gasteiger partial charge in [0.2, 0.25) is 0 Å². The number of anilines is 1. The maximum absolute atomic E-state index is 12.4. The van der Waals surface area contributed by atoms with Crippen molar-refractivity contribution >= 4 is 40.8 Å². The highest BCUT2D eigenvalue weighted by Crippen LogP contribution is 2.25. The summed E-state index contributed by atoms with van der Waals surface area (Å²) >= 11 is 11.9. The summed E-state index contributed by atoms with van der Waals surface area (Å²) < 4.78 is 5.20. The lowest BCUT2D eigenvalue weighted by molar-refractivity contribution is -0.126. The average Bonchev–Trinajstić information content (AvgIpc) is 2.54. The standard InChI is InChI=1S/C17H15Cl2NO3/c1-11(16(21)20(2)12-7-4-3-5-8-12)23-17(22)15-13(18)9-6-10-14(15)19/h3-11H,1-2H3/t11-/m1/s1. The van der Waals surface area contributed by atoms with Gasteiger partial charge in [-0.25, -0.2) is 4.79 Å². The van der Waals surface area contributed by atoms with Crippen molar-refractivity contribution in [3.8, 4) is 0 Å². The number of carbonyl (C=O) groups is 2. The van der Waals surface area contributed by atoms with Gasteiger partial charge in [-0.1, -0.05) is 47.5 Å². The Morgan fingerprint density at radius 3 is 2.13 bits per heavy atom. The molecular formula is C17H15Cl2NO3. The van der Waals surface area contributed by atoms with Crippen molar-refractivity contribution in [2.75, 3.05) is 11.9 Å². The average molecular weight is 352 g/mol. The Balaban J connectivity index is 2.11. The van der Waals surface area contributed by atoms with Crippen LogP contribution < -0.4 is 4.90 Å². The number of carbonyl (C=O) groups excluding carboxylic acids is 2. The van der Waals surface area contributed by atoms with Crippen LogP contribution in [0.5, 0.6) is 0 Å². The van der Waals surface area contributed by atoms with Crippen molar-refractivity contribution in [3.05, 3.63) is 64.1 Å². The van der Waals surface area contributed by atoms with E-state index in [4.69, 9.17) is 27.9 Å². The van der Waals surface area contributed by atoms with Gasteiger partial charge in [0.15, 0.2) is 6.10 Å². The van der Waals surface area contributed by atoms with Crippen LogP contribution >= 0.6 is 23.2 Å². The summed E-state index contributed by atoms with van der Waals surface area (Å²) in [4.78, 5) is 26.0. The van der Waals surface area contributed by atoms with E-state index in [1.165, 1.54) is 24.0 Å². The van der Waals surface area contributed by atoms with E-state index < -0.39 is 12.1 Å². The van der Waals surface area contributed by atoms with Crippen LogP contribution in [0.1, 0.15) is 17.3 Å². The van der Waals surface area contributed by atoms with E-state index in [1.54, 1.807) is 25.2 Å². The van der Waals surface area contributed by atoms with Gasteiger partial charge in [0.1, 0.15) is 0 Å². The van der Waals surface area contributed by atoms with Gasteiger partial charge in [-0.05, 0) is 31.2 Å². The van der Waals surface area contributed by atoms with Gasteiger partial charge in [-0.15, -0.1) is 0 Å². The normalized spacial score (nSPS) is 11.7. The molecule has 0 saturated heterocycles. The number of likely N-dealkylation sites (N-methyl/N-ethyl adjacent to an activating group) is 1. The first-order valence-electron chi connectivity index (χ1n) is 6.89. The molecule has 120 valence electrons. The van der Waals surface area contributed by atoms with Crippen LogP contribution in [-0.2, 0) is 9.53 Å². The van der Waals surface area contributed by atoms with Gasteiger partial charge < -0.3 is 9.64 Å². The lowest BCUT2D eigenvalue weighted by Gasteiger charge is -2.21. The van der Waals surface area contributed by atoms with E-state index in [-0.39, 0.29) is 21.5 Å². The van der Waals surface area contributed by atoms with Crippen molar-refractivity contribution in [2.45, 2.75) is 13.0 Å². The molecule has 0 heterocycles. The third-order valence-electron chi connectivity index (χ3n) is 3.27. The molecule has 1 amide bonds. The number of hydrogen-bond acceptors (Lipinski definition) is 3. The number of esters is 1. The molecule has 0 saturated carbocycles. The van der Waals surface area contributed by atoms with E-state index in [1.807, 2.05) is 18.2 Å². The summed E-state index contributed by atoms with van der Waals surface area (Å²) in [6.07, 6.45) is -0.972. The Kier molecular flexibility index (Phi) is 5.64. The number of nitrogens with zero attached hydrogens (tertiary/aromatic N) is 1. The monoisotopic (exact) mass is 351 g/mol. The van der Waals surface area contributed by atoms with Gasteiger partial charge in [0.25, 0.3) is 5.91 Å². The Hall–Kier alpha value is -2.04. The minimum atomic E-state index is -0.972. The molecule has 0 fully saturated rings. The molecule has 0 aliphatic rings. The zero-order valence-corrected chi connectivity index (χ0v) is 14.1. The van der Waals surface area contributed by atoms with Gasteiger partial charge in [-0.2, -0.15) is 0 Å². The molecular weight excluding hydrogens is 337 g/mol. The summed E-state index contributed by atoms with van der Waals surface area (Å²) in [6, 6.07) is 13.8. The molecule has 1 atom stereocenters. The zero-order valence-electron chi connectivity index (χ0n) is 12.6. The molecule has 0 unspecified atom stereocenters. The van der Waals surface area contributed by atoms with Crippen molar-refractivity contribution in [1.82, 2.24) is 0 Å². The molecule has 6 heteroatoms. The summed E-state index contributed by atoms with van der Waals surface area (Å²) in [6.45, 7) is 1.50. The van der Waals surface area contributed by atoms with Crippen LogP contribution in [-0.4, -0.2) is 25.0 Å². The Morgan fingerprint density at radius 2 is 1.57 bits per heavy atom. The highest BCUT2D eigenvalue weighted by molar-refractivity contribution is 6.39. The van der Waals surface area contributed by atoms with E-state index >= 15 is 0 Å². The topological polar surface area (TPSA) is 46.6 Å². The molecule has 0 aliphatic carbocycles. The third kappa shape index (κ3) is 4.03. The Bertz CT molecular complexity index is 699. The van der Waals surface area contributed by atoms with Crippen LogP contribution in [0.2, 0.25) is 10.0 Å². The van der Waals surface area contributed by atoms with Crippen LogP contribution in [0.3, 0.4) is 0 Å². The molecule has 0 spiro atoms. The minimum Gasteiger partial charge on any atom is -0.449 e. The summed E-state index contributed by atoms with van der Waals surface area (Å²) in [5.74, 6) is -1.09. The van der Waals surface area contributed by atoms with E-state index in [0.29, 0.717) is 5.69 Å². The summed E-state index contributed by atoms with van der Waals surface area (Å²) in [7, 11) is 1.62. The maximum atomic E-state index is 12.4. The van der Waals surface area contributed by atoms with Crippen LogP contribution in [0, 0.1) is 0 Å². The lowest BCUT2D eigenvalue weighted by Crippen LogP contribution is -2.37. The second-order valence-electron chi connectivity index (χ2n) is 4.88. The van der Waals surface area contributed by atoms with Crippen LogP contribution in [0.15, 0.2) is 48.5 Å². The lowest BCUT2D eigenvalue weighted by atomic mass is 10.2. The largest absolute Gasteiger partial charge is 0.449 e. The molecule has 0 radical (unpaired) electrons. The molecule has 0 aromatic heterocycles. The van der Waals surface area contributed by atoms with Crippen molar-refractivity contribution in [1.29, 1.82) is 0 Å². The van der Waals surface area contributed by atoms with Gasteiger partial charge in [0, 0.05) is 12.7 Å². The number of rotatable bonds is 4. The number of amides is 1. The highest BCUT2D eigenvalue weighted by atomic mass is 35.5. The molecule has 2 aromatic rings. The summed E-state index contributed by atoms with van der Waals surface area (Å²) in [5.41, 5.74) is 0.758. The van der Waals surface area contributed by atoms with E-state index in [2.05, 4.69) is 0 Å². The maximum Gasteiger partial charge on any atom is 0.341 e. The minimum absolute atomic E-state index is 0.0536. The quantitative estimate of drug-likeness (QED) is 0.775. The van der Waals surface area contributed by atoms with Gasteiger partial charge in [0.05, 0.1) is 15.6 Å². The highest BCUT2D eigenvalue weighted by Gasteiger charge is 2.25. The third-order valence-corrected chi connectivity index (χ3v) is 3.90. The van der Waals surface area contributed by atoms with E-state index in [9.17, 15) is 9.59 Å². The molecule has 2 aromatic carbocycles. The van der Waals surface area contributed by atoms with Gasteiger partial charge >= 0.3 is 5.97 Å². The Morgan fingerprint density at radius 1 is 1.00 bits per heavy atom. The van der Waals surface area contributed by atoms with Crippen molar-refractivity contribution in [3.63, 3.8) is 0 Å². The van der Waals surface area contributed by atoms with Crippen LogP contribution in [0.25, 0.3) is 0 Å². The zero-order chi connectivity index (χ0) is 17.0. The molecule has 23 heavy (non-hydrogen) atoms. The first-order chi connectivity index (χ1) is 10.9. The fraction of sp³-hybridized carbons (Fsp3) is 0.176. The van der Waals surface area contributed by atoms with Crippen molar-refractivity contribution < 1.29 is 14.3 Å². The first-order valence-corrected chi connectivity index (χ1v) is 7.65. The number of ether oxygens (including phenoxy) is 1. The van der Waals surface area contributed by atoms with Crippen molar-refractivity contribution in [2.24, 2.45) is 0 Å². The predicted octanol–water partition coefficient (Wildman–Crippen LogP) is 4.20. The second kappa shape index (κ2) is 7.49. The smallest absolute Gasteiger partial charge is 0.341 e. The molecule has 2 rings (SSSR count). The number of benzene rings is 2. The molecule has 4 nitrogen and oxygen atoms in total. The molecule has 0 bridgehead atoms. The number of halogens is 2.